The molecule has 2 rings (SSSR count). The van der Waals surface area contributed by atoms with E-state index in [1.165, 1.54) is 12.1 Å². The summed E-state index contributed by atoms with van der Waals surface area (Å²) in [5.41, 5.74) is -0.562. The van der Waals surface area contributed by atoms with Gasteiger partial charge in [-0.2, -0.15) is 33.7 Å². The molecule has 0 heterocycles. The van der Waals surface area contributed by atoms with Crippen LogP contribution in [0.2, 0.25) is 0 Å². The average molecular weight is 501 g/mol. The van der Waals surface area contributed by atoms with Crippen LogP contribution in [0, 0.1) is 0 Å². The quantitative estimate of drug-likeness (QED) is 0.320. The minimum atomic E-state index is -5.91. The van der Waals surface area contributed by atoms with E-state index in [-0.39, 0.29) is 6.07 Å². The maximum atomic E-state index is 11.8. The molecule has 0 spiro atoms. The van der Waals surface area contributed by atoms with Gasteiger partial charge in [0, 0.05) is 0 Å². The smallest absolute Gasteiger partial charge is 0.282 e. The van der Waals surface area contributed by atoms with E-state index >= 15 is 0 Å². The fourth-order valence-electron chi connectivity index (χ4n) is 2.43. The molecule has 0 amide bonds. The molecule has 0 fully saturated rings. The van der Waals surface area contributed by atoms with E-state index in [1.807, 2.05) is 0 Å². The summed E-state index contributed by atoms with van der Waals surface area (Å²) >= 11 is 0. The van der Waals surface area contributed by atoms with Crippen LogP contribution in [0.1, 0.15) is 11.1 Å². The Morgan fingerprint density at radius 3 is 1.43 bits per heavy atom. The maximum absolute atomic E-state index is 11.8. The molecule has 0 saturated heterocycles. The summed E-state index contributed by atoms with van der Waals surface area (Å²) in [6, 6.07) is 7.90. The minimum Gasteiger partial charge on any atom is -0.282 e. The lowest BCUT2D eigenvalue weighted by Crippen LogP contribution is -2.19. The van der Waals surface area contributed by atoms with Gasteiger partial charge in [0.25, 0.3) is 40.5 Å². The molecule has 0 atom stereocenters. The zero-order chi connectivity index (χ0) is 23.1. The Bertz CT molecular complexity index is 1450. The van der Waals surface area contributed by atoms with Crippen LogP contribution < -0.4 is 0 Å². The number of rotatable bonds is 6. The molecule has 16 heteroatoms. The molecule has 0 aliphatic rings. The summed E-state index contributed by atoms with van der Waals surface area (Å²) in [6.45, 7) is 0. The molecular weight excluding hydrogens is 488 g/mol. The monoisotopic (exact) mass is 500 g/mol. The molecule has 0 saturated carbocycles. The highest BCUT2D eigenvalue weighted by Crippen LogP contribution is 2.37. The molecule has 4 N–H and O–H groups in total. The van der Waals surface area contributed by atoms with Crippen molar-refractivity contribution >= 4 is 52.6 Å². The van der Waals surface area contributed by atoms with Crippen LogP contribution in [0.15, 0.2) is 56.0 Å². The summed E-state index contributed by atoms with van der Waals surface area (Å²) in [7, 11) is -23.0. The van der Waals surface area contributed by atoms with Crippen molar-refractivity contribution < 1.29 is 51.9 Å². The van der Waals surface area contributed by atoms with E-state index in [0.29, 0.717) is 5.56 Å². The lowest BCUT2D eigenvalue weighted by molar-refractivity contribution is 0.446. The fourth-order valence-corrected chi connectivity index (χ4v) is 7.17. The van der Waals surface area contributed by atoms with Crippen LogP contribution in [0.5, 0.6) is 0 Å². The van der Waals surface area contributed by atoms with Crippen molar-refractivity contribution in [2.75, 3.05) is 0 Å². The zero-order valence-electron chi connectivity index (χ0n) is 14.3. The number of hydrogen-bond donors (Lipinski definition) is 4. The van der Waals surface area contributed by atoms with Crippen molar-refractivity contribution in [3.8, 4) is 0 Å². The predicted octanol–water partition coefficient (Wildman–Crippen LogP) is 0.844. The zero-order valence-corrected chi connectivity index (χ0v) is 17.6. The highest BCUT2D eigenvalue weighted by Gasteiger charge is 2.39. The van der Waals surface area contributed by atoms with Crippen molar-refractivity contribution in [1.82, 2.24) is 0 Å². The van der Waals surface area contributed by atoms with E-state index in [1.54, 1.807) is 18.2 Å². The second-order valence-electron chi connectivity index (χ2n) is 5.60. The van der Waals surface area contributed by atoms with Crippen LogP contribution in [-0.4, -0.2) is 51.9 Å². The third-order valence-corrected chi connectivity index (χ3v) is 7.58. The lowest BCUT2D eigenvalue weighted by Gasteiger charge is -2.15. The Morgan fingerprint density at radius 1 is 0.567 bits per heavy atom. The van der Waals surface area contributed by atoms with Gasteiger partial charge >= 0.3 is 0 Å². The highest BCUT2D eigenvalue weighted by molar-refractivity contribution is 7.91. The number of hydrogen-bond acceptors (Lipinski definition) is 8. The highest BCUT2D eigenvalue weighted by atomic mass is 32.2. The van der Waals surface area contributed by atoms with E-state index < -0.39 is 65.6 Å². The SMILES string of the molecule is O=S(=O)(O)c1cc(C=Cc2ccccc2)c(S(=O)(=O)O)c(S(=O)(=O)O)c1S(=O)(=O)O. The van der Waals surface area contributed by atoms with Crippen LogP contribution in [-0.2, 0) is 40.5 Å². The first-order valence-electron chi connectivity index (χ1n) is 7.28. The van der Waals surface area contributed by atoms with E-state index in [2.05, 4.69) is 0 Å². The van der Waals surface area contributed by atoms with Crippen molar-refractivity contribution in [2.45, 2.75) is 19.6 Å². The first-order chi connectivity index (χ1) is 13.4. The predicted molar refractivity (Wildman–Crippen MR) is 101 cm³/mol. The van der Waals surface area contributed by atoms with Crippen LogP contribution in [0.4, 0.5) is 0 Å². The second-order valence-corrected chi connectivity index (χ2v) is 11.1. The fraction of sp³-hybridized carbons (Fsp3) is 0. The van der Waals surface area contributed by atoms with Gasteiger partial charge in [-0.1, -0.05) is 42.5 Å². The molecule has 0 unspecified atom stereocenters. The molecule has 0 aromatic heterocycles. The van der Waals surface area contributed by atoms with Crippen molar-refractivity contribution in [2.24, 2.45) is 0 Å². The lowest BCUT2D eigenvalue weighted by atomic mass is 10.1. The second kappa shape index (κ2) is 7.82. The molecule has 2 aromatic rings. The molecule has 0 radical (unpaired) electrons. The summed E-state index contributed by atoms with van der Waals surface area (Å²) in [4.78, 5) is -7.80. The Morgan fingerprint density at radius 2 is 1.03 bits per heavy atom. The first-order valence-corrected chi connectivity index (χ1v) is 13.0. The molecule has 30 heavy (non-hydrogen) atoms. The van der Waals surface area contributed by atoms with Gasteiger partial charge in [-0.3, -0.25) is 18.2 Å². The average Bonchev–Trinajstić information content (AvgIpc) is 2.56. The van der Waals surface area contributed by atoms with Gasteiger partial charge in [-0.25, -0.2) is 0 Å². The van der Waals surface area contributed by atoms with Gasteiger partial charge in [0.1, 0.15) is 19.6 Å². The molecule has 0 bridgehead atoms. The summed E-state index contributed by atoms with van der Waals surface area (Å²) in [6.07, 6.45) is 1.90. The Labute approximate surface area is 171 Å². The summed E-state index contributed by atoms with van der Waals surface area (Å²) < 4.78 is 131. The topological polar surface area (TPSA) is 217 Å². The van der Waals surface area contributed by atoms with Crippen LogP contribution in [0.25, 0.3) is 12.2 Å². The third-order valence-electron chi connectivity index (χ3n) is 3.49. The third kappa shape index (κ3) is 5.29. The summed E-state index contributed by atoms with van der Waals surface area (Å²) in [5.74, 6) is 0. The standard InChI is InChI=1S/C14H12O12S4/c15-27(16,17)11-8-10(7-6-9-4-2-1-3-5-9)12(28(18,19)20)14(30(24,25)26)13(11)29(21,22)23/h1-8H,(H,15,16,17)(H,18,19,20)(H,21,22,23)(H,24,25,26). The largest absolute Gasteiger partial charge is 0.297 e. The molecule has 0 aliphatic carbocycles. The van der Waals surface area contributed by atoms with Gasteiger partial charge in [0.05, 0.1) is 0 Å². The van der Waals surface area contributed by atoms with E-state index in [0.717, 1.165) is 12.2 Å². The van der Waals surface area contributed by atoms with E-state index in [4.69, 9.17) is 0 Å². The normalized spacial score (nSPS) is 13.6. The first kappa shape index (κ1) is 24.1. The molecule has 0 aliphatic heterocycles. The molecule has 2 aromatic carbocycles. The van der Waals surface area contributed by atoms with Crippen molar-refractivity contribution in [3.05, 3.63) is 47.5 Å². The van der Waals surface area contributed by atoms with E-state index in [9.17, 15) is 51.9 Å². The summed E-state index contributed by atoms with van der Waals surface area (Å²) in [5, 5.41) is 0. The Balaban J connectivity index is 3.21. The minimum absolute atomic E-state index is 0.190. The van der Waals surface area contributed by atoms with Crippen LogP contribution >= 0.6 is 0 Å². The Hall–Kier alpha value is -2.18. The maximum Gasteiger partial charge on any atom is 0.297 e. The Kier molecular flexibility index (Phi) is 6.28. The molecule has 12 nitrogen and oxygen atoms in total. The van der Waals surface area contributed by atoms with Gasteiger partial charge < -0.3 is 0 Å². The van der Waals surface area contributed by atoms with Crippen molar-refractivity contribution in [1.29, 1.82) is 0 Å². The molecule has 164 valence electrons. The van der Waals surface area contributed by atoms with Gasteiger partial charge in [0.15, 0.2) is 0 Å². The van der Waals surface area contributed by atoms with Gasteiger partial charge in [0.2, 0.25) is 0 Å². The number of benzene rings is 2. The molecular formula is C14H12O12S4. The van der Waals surface area contributed by atoms with Crippen molar-refractivity contribution in [3.63, 3.8) is 0 Å². The van der Waals surface area contributed by atoms with Gasteiger partial charge in [-0.15, -0.1) is 0 Å². The van der Waals surface area contributed by atoms with Gasteiger partial charge in [-0.05, 0) is 17.2 Å². The van der Waals surface area contributed by atoms with Crippen LogP contribution in [0.3, 0.4) is 0 Å².